The van der Waals surface area contributed by atoms with Gasteiger partial charge in [-0.1, -0.05) is 35.9 Å². The monoisotopic (exact) mass is 242 g/mol. The highest BCUT2D eigenvalue weighted by Gasteiger charge is 2.13. The van der Waals surface area contributed by atoms with Crippen LogP contribution in [0.4, 0.5) is 0 Å². The average molecular weight is 242 g/mol. The zero-order valence-electron chi connectivity index (χ0n) is 11.5. The van der Waals surface area contributed by atoms with Crippen molar-refractivity contribution in [2.75, 3.05) is 20.6 Å². The van der Waals surface area contributed by atoms with E-state index >= 15 is 0 Å². The third-order valence-corrected chi connectivity index (χ3v) is 3.47. The van der Waals surface area contributed by atoms with Gasteiger partial charge in [-0.15, -0.1) is 0 Å². The quantitative estimate of drug-likeness (QED) is 0.892. The summed E-state index contributed by atoms with van der Waals surface area (Å²) < 4.78 is 0. The van der Waals surface area contributed by atoms with Gasteiger partial charge < -0.3 is 10.6 Å². The topological polar surface area (TPSA) is 29.3 Å². The Labute approximate surface area is 109 Å². The molecule has 0 aliphatic heterocycles. The van der Waals surface area contributed by atoms with Crippen LogP contribution in [-0.4, -0.2) is 25.5 Å². The van der Waals surface area contributed by atoms with E-state index in [2.05, 4.69) is 62.3 Å². The predicted molar refractivity (Wildman–Crippen MR) is 78.8 cm³/mol. The van der Waals surface area contributed by atoms with Crippen LogP contribution in [0.15, 0.2) is 36.4 Å². The molecule has 0 bridgehead atoms. The first-order valence-corrected chi connectivity index (χ1v) is 6.48. The summed E-state index contributed by atoms with van der Waals surface area (Å²) in [5.41, 5.74) is 8.37. The van der Waals surface area contributed by atoms with Crippen molar-refractivity contribution in [3.63, 3.8) is 0 Å². The van der Waals surface area contributed by atoms with Gasteiger partial charge in [0, 0.05) is 6.04 Å². The molecule has 0 radical (unpaired) electrons. The molecule has 18 heavy (non-hydrogen) atoms. The molecule has 0 fully saturated rings. The van der Waals surface area contributed by atoms with E-state index < -0.39 is 0 Å². The fraction of sp³-hybridized carbons (Fsp3) is 0.375. The van der Waals surface area contributed by atoms with Crippen molar-refractivity contribution in [3.8, 4) is 0 Å². The number of fused-ring (bicyclic) bond motifs is 1. The van der Waals surface area contributed by atoms with E-state index in [0.29, 0.717) is 6.04 Å². The molecule has 2 heteroatoms. The zero-order chi connectivity index (χ0) is 13.1. The number of nitrogens with zero attached hydrogens (tertiary/aromatic N) is 1. The van der Waals surface area contributed by atoms with Gasteiger partial charge in [0.15, 0.2) is 0 Å². The summed E-state index contributed by atoms with van der Waals surface area (Å²) in [6.07, 6.45) is 0.990. The van der Waals surface area contributed by atoms with E-state index in [-0.39, 0.29) is 0 Å². The smallest absolute Gasteiger partial charge is 0.0354 e. The Morgan fingerprint density at radius 2 is 1.72 bits per heavy atom. The highest BCUT2D eigenvalue weighted by molar-refractivity contribution is 5.83. The van der Waals surface area contributed by atoms with Crippen LogP contribution in [0.25, 0.3) is 10.8 Å². The van der Waals surface area contributed by atoms with Gasteiger partial charge in [0.2, 0.25) is 0 Å². The third kappa shape index (κ3) is 2.71. The molecule has 2 aromatic carbocycles. The van der Waals surface area contributed by atoms with Gasteiger partial charge in [0.25, 0.3) is 0 Å². The van der Waals surface area contributed by atoms with Crippen molar-refractivity contribution < 1.29 is 0 Å². The number of rotatable bonds is 4. The maximum Gasteiger partial charge on any atom is 0.0354 e. The molecule has 0 aromatic heterocycles. The van der Waals surface area contributed by atoms with Crippen molar-refractivity contribution in [1.82, 2.24) is 4.90 Å². The van der Waals surface area contributed by atoms with Crippen LogP contribution in [-0.2, 0) is 0 Å². The minimum atomic E-state index is 0.403. The van der Waals surface area contributed by atoms with Crippen LogP contribution >= 0.6 is 0 Å². The molecule has 0 heterocycles. The molecular weight excluding hydrogens is 220 g/mol. The summed E-state index contributed by atoms with van der Waals surface area (Å²) in [7, 11) is 4.22. The summed E-state index contributed by atoms with van der Waals surface area (Å²) in [5.74, 6) is 0. The summed E-state index contributed by atoms with van der Waals surface area (Å²) in [6.45, 7) is 2.85. The molecule has 1 atom stereocenters. The summed E-state index contributed by atoms with van der Waals surface area (Å²) in [6, 6.07) is 13.7. The highest BCUT2D eigenvalue weighted by Crippen LogP contribution is 2.25. The molecule has 0 aliphatic rings. The fourth-order valence-electron chi connectivity index (χ4n) is 2.47. The predicted octanol–water partition coefficient (Wildman–Crippen LogP) is 3.10. The van der Waals surface area contributed by atoms with Gasteiger partial charge in [-0.2, -0.15) is 0 Å². The largest absolute Gasteiger partial charge is 0.330 e. The Bertz CT molecular complexity index is 532. The lowest BCUT2D eigenvalue weighted by Crippen LogP contribution is -2.22. The first-order chi connectivity index (χ1) is 8.61. The third-order valence-electron chi connectivity index (χ3n) is 3.47. The van der Waals surface area contributed by atoms with Crippen molar-refractivity contribution in [1.29, 1.82) is 0 Å². The molecule has 0 spiro atoms. The van der Waals surface area contributed by atoms with Crippen LogP contribution in [0, 0.1) is 6.92 Å². The van der Waals surface area contributed by atoms with Crippen molar-refractivity contribution >= 4 is 10.8 Å². The van der Waals surface area contributed by atoms with Crippen molar-refractivity contribution in [2.24, 2.45) is 5.73 Å². The Morgan fingerprint density at radius 1 is 1.06 bits per heavy atom. The molecule has 0 saturated carbocycles. The summed E-state index contributed by atoms with van der Waals surface area (Å²) in [5, 5.41) is 2.62. The molecule has 1 unspecified atom stereocenters. The molecule has 0 amide bonds. The molecule has 2 N–H and O–H groups in total. The van der Waals surface area contributed by atoms with Crippen LogP contribution < -0.4 is 5.73 Å². The average Bonchev–Trinajstić information content (AvgIpc) is 2.35. The van der Waals surface area contributed by atoms with Gasteiger partial charge in [-0.05, 0) is 56.4 Å². The Hall–Kier alpha value is -1.38. The lowest BCUT2D eigenvalue weighted by Gasteiger charge is -2.24. The van der Waals surface area contributed by atoms with E-state index in [9.17, 15) is 0 Å². The van der Waals surface area contributed by atoms with Crippen LogP contribution in [0.2, 0.25) is 0 Å². The van der Waals surface area contributed by atoms with Crippen molar-refractivity contribution in [3.05, 3.63) is 47.5 Å². The first-order valence-electron chi connectivity index (χ1n) is 6.48. The first kappa shape index (κ1) is 13.1. The lowest BCUT2D eigenvalue weighted by atomic mass is 9.98. The zero-order valence-corrected chi connectivity index (χ0v) is 11.5. The second kappa shape index (κ2) is 5.51. The van der Waals surface area contributed by atoms with Gasteiger partial charge in [-0.25, -0.2) is 0 Å². The molecule has 2 rings (SSSR count). The molecule has 0 aliphatic carbocycles. The minimum absolute atomic E-state index is 0.403. The Balaban J connectivity index is 2.42. The molecule has 2 nitrogen and oxygen atoms in total. The van der Waals surface area contributed by atoms with Gasteiger partial charge in [0.1, 0.15) is 0 Å². The van der Waals surface area contributed by atoms with Gasteiger partial charge in [-0.3, -0.25) is 0 Å². The normalized spacial score (nSPS) is 13.2. The molecule has 96 valence electrons. The van der Waals surface area contributed by atoms with E-state index in [1.54, 1.807) is 0 Å². The minimum Gasteiger partial charge on any atom is -0.330 e. The summed E-state index contributed by atoms with van der Waals surface area (Å²) >= 11 is 0. The molecular formula is C16H22N2. The second-order valence-electron chi connectivity index (χ2n) is 5.17. The van der Waals surface area contributed by atoms with E-state index in [1.165, 1.54) is 21.9 Å². The van der Waals surface area contributed by atoms with E-state index in [0.717, 1.165) is 13.0 Å². The molecule has 2 aromatic rings. The number of hydrogen-bond acceptors (Lipinski definition) is 2. The Morgan fingerprint density at radius 3 is 2.39 bits per heavy atom. The summed E-state index contributed by atoms with van der Waals surface area (Å²) in [4.78, 5) is 2.24. The van der Waals surface area contributed by atoms with Crippen LogP contribution in [0.1, 0.15) is 23.6 Å². The molecule has 0 saturated heterocycles. The van der Waals surface area contributed by atoms with Gasteiger partial charge in [0.05, 0.1) is 0 Å². The van der Waals surface area contributed by atoms with E-state index in [4.69, 9.17) is 5.73 Å². The number of benzene rings is 2. The maximum atomic E-state index is 5.71. The maximum absolute atomic E-state index is 5.71. The fourth-order valence-corrected chi connectivity index (χ4v) is 2.47. The van der Waals surface area contributed by atoms with E-state index in [1.807, 2.05) is 0 Å². The number of hydrogen-bond donors (Lipinski definition) is 1. The SMILES string of the molecule is Cc1ccc2cc(C(CCN)N(C)C)ccc2c1. The van der Waals surface area contributed by atoms with Crippen molar-refractivity contribution in [2.45, 2.75) is 19.4 Å². The van der Waals surface area contributed by atoms with Gasteiger partial charge >= 0.3 is 0 Å². The standard InChI is InChI=1S/C16H22N2/c1-12-4-5-14-11-15(7-6-13(14)10-12)16(8-9-17)18(2)3/h4-7,10-11,16H,8-9,17H2,1-3H3. The second-order valence-corrected chi connectivity index (χ2v) is 5.17. The van der Waals surface area contributed by atoms with Crippen LogP contribution in [0.3, 0.4) is 0 Å². The lowest BCUT2D eigenvalue weighted by molar-refractivity contribution is 0.287. The number of nitrogens with two attached hydrogens (primary N) is 1. The number of aryl methyl sites for hydroxylation is 1. The highest BCUT2D eigenvalue weighted by atomic mass is 15.1. The Kier molecular flexibility index (Phi) is 4.00. The van der Waals surface area contributed by atoms with Crippen LogP contribution in [0.5, 0.6) is 0 Å².